The summed E-state index contributed by atoms with van der Waals surface area (Å²) in [5, 5.41) is 2.92. The molecule has 3 amide bonds. The van der Waals surface area contributed by atoms with Crippen LogP contribution >= 0.6 is 0 Å². The summed E-state index contributed by atoms with van der Waals surface area (Å²) in [6.45, 7) is 1.72. The van der Waals surface area contributed by atoms with Gasteiger partial charge in [-0.05, 0) is 30.5 Å². The third kappa shape index (κ3) is 4.09. The molecule has 0 atom stereocenters. The van der Waals surface area contributed by atoms with Crippen molar-refractivity contribution in [3.63, 3.8) is 0 Å². The topological polar surface area (TPSA) is 75.7 Å². The lowest BCUT2D eigenvalue weighted by atomic mass is 9.74. The lowest BCUT2D eigenvalue weighted by molar-refractivity contribution is -0.138. The number of rotatable bonds is 6. The average Bonchev–Trinajstić information content (AvgIpc) is 2.97. The summed E-state index contributed by atoms with van der Waals surface area (Å²) in [5.74, 6) is -0.921. The number of benzene rings is 1. The van der Waals surface area contributed by atoms with Crippen molar-refractivity contribution in [3.05, 3.63) is 35.6 Å². The number of nitrogens with one attached hydrogen (secondary N) is 1. The third-order valence-electron chi connectivity index (χ3n) is 5.25. The normalized spacial score (nSPS) is 19.7. The van der Waals surface area contributed by atoms with Crippen LogP contribution in [0.5, 0.6) is 0 Å². The number of halogens is 1. The quantitative estimate of drug-likeness (QED) is 0.779. The number of nitrogens with zero attached hydrogens (tertiary/aromatic N) is 1. The van der Waals surface area contributed by atoms with Crippen LogP contribution in [-0.2, 0) is 24.5 Å². The maximum absolute atomic E-state index is 13.3. The van der Waals surface area contributed by atoms with E-state index < -0.39 is 0 Å². The van der Waals surface area contributed by atoms with E-state index in [2.05, 4.69) is 5.32 Å². The Bertz CT molecular complexity index is 667. The Kier molecular flexibility index (Phi) is 5.66. The standard InChI is InChI=1S/C19H23FN2O4/c20-15-3-1-14(2-4-15)19(8-11-26-12-9-19)13-21-16(23)7-10-22-17(24)5-6-18(22)25/h1-4H,5-13H2,(H,21,23). The minimum Gasteiger partial charge on any atom is -0.381 e. The molecule has 0 saturated carbocycles. The Morgan fingerprint density at radius 2 is 1.73 bits per heavy atom. The molecule has 0 aromatic heterocycles. The Hall–Kier alpha value is -2.28. The zero-order chi connectivity index (χ0) is 18.6. The fourth-order valence-electron chi connectivity index (χ4n) is 3.57. The molecule has 1 aromatic rings. The second-order valence-electron chi connectivity index (χ2n) is 6.87. The van der Waals surface area contributed by atoms with Crippen molar-refractivity contribution >= 4 is 17.7 Å². The van der Waals surface area contributed by atoms with E-state index in [1.54, 1.807) is 12.1 Å². The predicted molar refractivity (Wildman–Crippen MR) is 91.7 cm³/mol. The lowest BCUT2D eigenvalue weighted by Gasteiger charge is -2.38. The molecule has 2 saturated heterocycles. The molecule has 6 nitrogen and oxygen atoms in total. The van der Waals surface area contributed by atoms with E-state index in [9.17, 15) is 18.8 Å². The van der Waals surface area contributed by atoms with E-state index in [0.717, 1.165) is 23.3 Å². The molecule has 26 heavy (non-hydrogen) atoms. The van der Waals surface area contributed by atoms with Crippen molar-refractivity contribution in [1.82, 2.24) is 10.2 Å². The van der Waals surface area contributed by atoms with Crippen molar-refractivity contribution in [2.45, 2.75) is 37.5 Å². The van der Waals surface area contributed by atoms with E-state index in [0.29, 0.717) is 19.8 Å². The smallest absolute Gasteiger partial charge is 0.229 e. The highest BCUT2D eigenvalue weighted by molar-refractivity contribution is 6.02. The molecule has 2 aliphatic heterocycles. The predicted octanol–water partition coefficient (Wildman–Crippen LogP) is 1.53. The van der Waals surface area contributed by atoms with E-state index in [-0.39, 0.29) is 54.8 Å². The first-order valence-electron chi connectivity index (χ1n) is 8.94. The molecule has 0 spiro atoms. The Balaban J connectivity index is 1.59. The van der Waals surface area contributed by atoms with Gasteiger partial charge in [0.15, 0.2) is 0 Å². The van der Waals surface area contributed by atoms with Gasteiger partial charge < -0.3 is 10.1 Å². The highest BCUT2D eigenvalue weighted by Crippen LogP contribution is 2.34. The van der Waals surface area contributed by atoms with Crippen LogP contribution in [0.4, 0.5) is 4.39 Å². The van der Waals surface area contributed by atoms with Crippen LogP contribution in [0.2, 0.25) is 0 Å². The molecule has 2 aliphatic rings. The maximum Gasteiger partial charge on any atom is 0.229 e. The summed E-state index contributed by atoms with van der Waals surface area (Å²) >= 11 is 0. The van der Waals surface area contributed by atoms with Crippen molar-refractivity contribution < 1.29 is 23.5 Å². The monoisotopic (exact) mass is 362 g/mol. The molecule has 140 valence electrons. The van der Waals surface area contributed by atoms with Gasteiger partial charge in [-0.1, -0.05) is 12.1 Å². The van der Waals surface area contributed by atoms with Gasteiger partial charge in [0.1, 0.15) is 5.82 Å². The molecule has 7 heteroatoms. The number of likely N-dealkylation sites (tertiary alicyclic amines) is 1. The molecule has 3 rings (SSSR count). The van der Waals surface area contributed by atoms with Crippen molar-refractivity contribution in [1.29, 1.82) is 0 Å². The van der Waals surface area contributed by atoms with Gasteiger partial charge in [0.05, 0.1) is 0 Å². The van der Waals surface area contributed by atoms with Gasteiger partial charge in [-0.25, -0.2) is 4.39 Å². The first kappa shape index (κ1) is 18.5. The first-order valence-corrected chi connectivity index (χ1v) is 8.94. The largest absolute Gasteiger partial charge is 0.381 e. The first-order chi connectivity index (χ1) is 12.5. The zero-order valence-corrected chi connectivity index (χ0v) is 14.6. The SMILES string of the molecule is O=C(CCN1C(=O)CCC1=O)NCC1(c2ccc(F)cc2)CCOCC1. The van der Waals surface area contributed by atoms with Gasteiger partial charge in [-0.3, -0.25) is 19.3 Å². The van der Waals surface area contributed by atoms with Gasteiger partial charge in [0.25, 0.3) is 0 Å². The minimum atomic E-state index is -0.292. The summed E-state index contributed by atoms with van der Waals surface area (Å²) in [4.78, 5) is 36.6. The number of imide groups is 1. The highest BCUT2D eigenvalue weighted by Gasteiger charge is 2.35. The Labute approximate surface area is 151 Å². The lowest BCUT2D eigenvalue weighted by Crippen LogP contribution is -2.45. The number of carbonyl (C=O) groups excluding carboxylic acids is 3. The van der Waals surface area contributed by atoms with Crippen LogP contribution in [0.1, 0.15) is 37.7 Å². The molecule has 0 aliphatic carbocycles. The van der Waals surface area contributed by atoms with Gasteiger partial charge in [0, 0.05) is 51.0 Å². The average molecular weight is 362 g/mol. The molecular weight excluding hydrogens is 339 g/mol. The number of amides is 3. The minimum absolute atomic E-state index is 0.0908. The summed E-state index contributed by atoms with van der Waals surface area (Å²) in [6, 6.07) is 6.38. The zero-order valence-electron chi connectivity index (χ0n) is 14.6. The van der Waals surface area contributed by atoms with Crippen LogP contribution in [0.3, 0.4) is 0 Å². The van der Waals surface area contributed by atoms with E-state index in [1.165, 1.54) is 12.1 Å². The van der Waals surface area contributed by atoms with Gasteiger partial charge in [-0.15, -0.1) is 0 Å². The number of hydrogen-bond acceptors (Lipinski definition) is 4. The molecule has 0 unspecified atom stereocenters. The van der Waals surface area contributed by atoms with Gasteiger partial charge in [-0.2, -0.15) is 0 Å². The van der Waals surface area contributed by atoms with Gasteiger partial charge >= 0.3 is 0 Å². The highest BCUT2D eigenvalue weighted by atomic mass is 19.1. The number of carbonyl (C=O) groups is 3. The van der Waals surface area contributed by atoms with E-state index in [4.69, 9.17) is 4.74 Å². The summed E-state index contributed by atoms with van der Waals surface area (Å²) < 4.78 is 18.7. The van der Waals surface area contributed by atoms with Crippen LogP contribution in [0, 0.1) is 5.82 Å². The Morgan fingerprint density at radius 3 is 2.35 bits per heavy atom. The fraction of sp³-hybridized carbons (Fsp3) is 0.526. The number of hydrogen-bond donors (Lipinski definition) is 1. The van der Waals surface area contributed by atoms with E-state index >= 15 is 0 Å². The van der Waals surface area contributed by atoms with Crippen LogP contribution in [0.15, 0.2) is 24.3 Å². The molecule has 1 aromatic carbocycles. The third-order valence-corrected chi connectivity index (χ3v) is 5.25. The summed E-state index contributed by atoms with van der Waals surface area (Å²) in [6.07, 6.45) is 2.03. The molecule has 1 N–H and O–H groups in total. The second-order valence-corrected chi connectivity index (χ2v) is 6.87. The Morgan fingerprint density at radius 1 is 1.12 bits per heavy atom. The molecule has 2 fully saturated rings. The van der Waals surface area contributed by atoms with Crippen LogP contribution in [-0.4, -0.2) is 48.9 Å². The fourth-order valence-corrected chi connectivity index (χ4v) is 3.57. The maximum atomic E-state index is 13.3. The molecule has 0 radical (unpaired) electrons. The van der Waals surface area contributed by atoms with Gasteiger partial charge in [0.2, 0.25) is 17.7 Å². The van der Waals surface area contributed by atoms with Crippen LogP contribution < -0.4 is 5.32 Å². The van der Waals surface area contributed by atoms with Crippen molar-refractivity contribution in [2.75, 3.05) is 26.3 Å². The molecule has 2 heterocycles. The van der Waals surface area contributed by atoms with E-state index in [1.807, 2.05) is 0 Å². The van der Waals surface area contributed by atoms with Crippen molar-refractivity contribution in [3.8, 4) is 0 Å². The molecule has 0 bridgehead atoms. The van der Waals surface area contributed by atoms with Crippen molar-refractivity contribution in [2.24, 2.45) is 0 Å². The summed E-state index contributed by atoms with van der Waals surface area (Å²) in [5.41, 5.74) is 0.688. The van der Waals surface area contributed by atoms with Crippen LogP contribution in [0.25, 0.3) is 0 Å². The summed E-state index contributed by atoms with van der Waals surface area (Å²) in [7, 11) is 0. The number of ether oxygens (including phenoxy) is 1. The molecular formula is C19H23FN2O4. The second kappa shape index (κ2) is 7.95.